The van der Waals surface area contributed by atoms with Crippen molar-refractivity contribution in [1.82, 2.24) is 0 Å². The van der Waals surface area contributed by atoms with Gasteiger partial charge in [-0.15, -0.1) is 0 Å². The molecule has 0 spiro atoms. The molecule has 0 aliphatic rings. The van der Waals surface area contributed by atoms with E-state index in [2.05, 4.69) is 44.7 Å². The van der Waals surface area contributed by atoms with Crippen molar-refractivity contribution in [3.05, 3.63) is 65.7 Å². The highest BCUT2D eigenvalue weighted by Gasteiger charge is 2.10. The standard InChI is InChI=1S/C22H26O4/c1-4-17-14-16(3)6-8-20(17)18-7-9-21(25-13-11-23)19(15-18)10-12-26-22(24)5-2/h5-9,14-15,23H,2,4,10-13H2,1,3H3. The molecule has 0 heterocycles. The van der Waals surface area contributed by atoms with Crippen molar-refractivity contribution in [3.63, 3.8) is 0 Å². The summed E-state index contributed by atoms with van der Waals surface area (Å²) in [5.74, 6) is 0.258. The van der Waals surface area contributed by atoms with Gasteiger partial charge >= 0.3 is 5.97 Å². The summed E-state index contributed by atoms with van der Waals surface area (Å²) in [6.45, 7) is 8.06. The number of esters is 1. The number of hydrogen-bond acceptors (Lipinski definition) is 4. The molecule has 0 unspecified atom stereocenters. The Labute approximate surface area is 155 Å². The molecule has 0 atom stereocenters. The van der Waals surface area contributed by atoms with Crippen molar-refractivity contribution in [2.45, 2.75) is 26.7 Å². The minimum absolute atomic E-state index is 0.0510. The van der Waals surface area contributed by atoms with Crippen LogP contribution < -0.4 is 4.74 Å². The van der Waals surface area contributed by atoms with E-state index in [4.69, 9.17) is 14.6 Å². The van der Waals surface area contributed by atoms with E-state index in [0.717, 1.165) is 23.6 Å². The number of ether oxygens (including phenoxy) is 2. The van der Waals surface area contributed by atoms with Gasteiger partial charge in [-0.2, -0.15) is 0 Å². The second kappa shape index (κ2) is 9.78. The second-order valence-electron chi connectivity index (χ2n) is 6.03. The molecule has 2 rings (SSSR count). The first kappa shape index (κ1) is 19.7. The van der Waals surface area contributed by atoms with Gasteiger partial charge in [0.2, 0.25) is 0 Å². The summed E-state index contributed by atoms with van der Waals surface area (Å²) in [4.78, 5) is 11.3. The number of hydrogen-bond donors (Lipinski definition) is 1. The van der Waals surface area contributed by atoms with Crippen molar-refractivity contribution >= 4 is 5.97 Å². The van der Waals surface area contributed by atoms with Crippen molar-refractivity contribution in [3.8, 4) is 16.9 Å². The Bertz CT molecular complexity index is 765. The predicted molar refractivity (Wildman–Crippen MR) is 103 cm³/mol. The van der Waals surface area contributed by atoms with Gasteiger partial charge in [0.15, 0.2) is 0 Å². The summed E-state index contributed by atoms with van der Waals surface area (Å²) >= 11 is 0. The number of carbonyl (C=O) groups is 1. The molecule has 4 nitrogen and oxygen atoms in total. The molecule has 0 bridgehead atoms. The van der Waals surface area contributed by atoms with Gasteiger partial charge < -0.3 is 14.6 Å². The summed E-state index contributed by atoms with van der Waals surface area (Å²) in [5.41, 5.74) is 5.76. The fourth-order valence-corrected chi connectivity index (χ4v) is 2.86. The normalized spacial score (nSPS) is 10.4. The lowest BCUT2D eigenvalue weighted by Crippen LogP contribution is -2.08. The molecule has 0 fully saturated rings. The number of aryl methyl sites for hydroxylation is 2. The summed E-state index contributed by atoms with van der Waals surface area (Å²) < 4.78 is 10.7. The highest BCUT2D eigenvalue weighted by molar-refractivity contribution is 5.81. The van der Waals surface area contributed by atoms with E-state index in [1.54, 1.807) is 0 Å². The summed E-state index contributed by atoms with van der Waals surface area (Å²) in [7, 11) is 0. The van der Waals surface area contributed by atoms with E-state index >= 15 is 0 Å². The molecule has 2 aromatic carbocycles. The van der Waals surface area contributed by atoms with E-state index in [-0.39, 0.29) is 19.8 Å². The Kier molecular flexibility index (Phi) is 7.42. The number of rotatable bonds is 9. The topological polar surface area (TPSA) is 55.8 Å². The first-order valence-electron chi connectivity index (χ1n) is 8.84. The maximum atomic E-state index is 11.3. The quantitative estimate of drug-likeness (QED) is 0.549. The van der Waals surface area contributed by atoms with Gasteiger partial charge in [0.05, 0.1) is 13.2 Å². The number of carbonyl (C=O) groups excluding carboxylic acids is 1. The van der Waals surface area contributed by atoms with Gasteiger partial charge in [0.1, 0.15) is 12.4 Å². The molecule has 1 N–H and O–H groups in total. The Morgan fingerprint density at radius 2 is 1.96 bits per heavy atom. The molecule has 0 aliphatic heterocycles. The van der Waals surface area contributed by atoms with Crippen LogP contribution in [0.15, 0.2) is 49.1 Å². The van der Waals surface area contributed by atoms with Crippen LogP contribution in [0.1, 0.15) is 23.6 Å². The Morgan fingerprint density at radius 3 is 2.65 bits per heavy atom. The van der Waals surface area contributed by atoms with E-state index in [9.17, 15) is 4.79 Å². The van der Waals surface area contributed by atoms with Gasteiger partial charge in [-0.05, 0) is 47.7 Å². The monoisotopic (exact) mass is 354 g/mol. The zero-order valence-electron chi connectivity index (χ0n) is 15.5. The van der Waals surface area contributed by atoms with Crippen LogP contribution in [0.2, 0.25) is 0 Å². The largest absolute Gasteiger partial charge is 0.491 e. The van der Waals surface area contributed by atoms with Gasteiger partial charge in [-0.25, -0.2) is 4.79 Å². The maximum absolute atomic E-state index is 11.3. The fraction of sp³-hybridized carbons (Fsp3) is 0.318. The van der Waals surface area contributed by atoms with Gasteiger partial charge in [0.25, 0.3) is 0 Å². The lowest BCUT2D eigenvalue weighted by atomic mass is 9.94. The highest BCUT2D eigenvalue weighted by atomic mass is 16.5. The zero-order valence-corrected chi connectivity index (χ0v) is 15.5. The molecular weight excluding hydrogens is 328 g/mol. The van der Waals surface area contributed by atoms with Crippen molar-refractivity contribution in [1.29, 1.82) is 0 Å². The lowest BCUT2D eigenvalue weighted by molar-refractivity contribution is -0.137. The first-order valence-corrected chi connectivity index (χ1v) is 8.84. The molecule has 4 heteroatoms. The smallest absolute Gasteiger partial charge is 0.330 e. The van der Waals surface area contributed by atoms with Crippen molar-refractivity contribution in [2.24, 2.45) is 0 Å². The summed E-state index contributed by atoms with van der Waals surface area (Å²) in [5, 5.41) is 9.02. The fourth-order valence-electron chi connectivity index (χ4n) is 2.86. The average Bonchev–Trinajstić information content (AvgIpc) is 2.66. The van der Waals surface area contributed by atoms with Crippen LogP contribution in [-0.4, -0.2) is 30.9 Å². The molecule has 0 saturated carbocycles. The highest BCUT2D eigenvalue weighted by Crippen LogP contribution is 2.30. The number of aliphatic hydroxyl groups is 1. The van der Waals surface area contributed by atoms with Gasteiger partial charge in [-0.3, -0.25) is 0 Å². The second-order valence-corrected chi connectivity index (χ2v) is 6.03. The van der Waals surface area contributed by atoms with Crippen LogP contribution in [0, 0.1) is 6.92 Å². The average molecular weight is 354 g/mol. The van der Waals surface area contributed by atoms with E-state index in [0.29, 0.717) is 12.2 Å². The zero-order chi connectivity index (χ0) is 18.9. The van der Waals surface area contributed by atoms with Crippen molar-refractivity contribution < 1.29 is 19.4 Å². The molecule has 0 aliphatic carbocycles. The van der Waals surface area contributed by atoms with Crippen LogP contribution in [0.5, 0.6) is 5.75 Å². The van der Waals surface area contributed by atoms with Crippen molar-refractivity contribution in [2.75, 3.05) is 19.8 Å². The molecule has 0 amide bonds. The predicted octanol–water partition coefficient (Wildman–Crippen LogP) is 3.87. The number of aliphatic hydroxyl groups excluding tert-OH is 1. The lowest BCUT2D eigenvalue weighted by Gasteiger charge is -2.15. The van der Waals surface area contributed by atoms with E-state index in [1.165, 1.54) is 16.7 Å². The third kappa shape index (κ3) is 5.20. The third-order valence-electron chi connectivity index (χ3n) is 4.14. The van der Waals surface area contributed by atoms with Crippen LogP contribution in [0.4, 0.5) is 0 Å². The molecule has 0 radical (unpaired) electrons. The number of benzene rings is 2. The Hall–Kier alpha value is -2.59. The SMILES string of the molecule is C=CC(=O)OCCc1cc(-c2ccc(C)cc2CC)ccc1OCCO. The maximum Gasteiger partial charge on any atom is 0.330 e. The minimum Gasteiger partial charge on any atom is -0.491 e. The van der Waals surface area contributed by atoms with Crippen LogP contribution in [0.25, 0.3) is 11.1 Å². The molecule has 2 aromatic rings. The third-order valence-corrected chi connectivity index (χ3v) is 4.14. The van der Waals surface area contributed by atoms with Crippen LogP contribution in [-0.2, 0) is 22.4 Å². The van der Waals surface area contributed by atoms with Crippen LogP contribution in [0.3, 0.4) is 0 Å². The minimum atomic E-state index is -0.439. The first-order chi connectivity index (χ1) is 12.6. The summed E-state index contributed by atoms with van der Waals surface area (Å²) in [6, 6.07) is 12.5. The van der Waals surface area contributed by atoms with E-state index in [1.807, 2.05) is 12.1 Å². The van der Waals surface area contributed by atoms with E-state index < -0.39 is 5.97 Å². The molecule has 0 saturated heterocycles. The molecule has 26 heavy (non-hydrogen) atoms. The molecular formula is C22H26O4. The molecule has 0 aromatic heterocycles. The van der Waals surface area contributed by atoms with Gasteiger partial charge in [-0.1, -0.05) is 43.3 Å². The Balaban J connectivity index is 2.32. The Morgan fingerprint density at radius 1 is 1.15 bits per heavy atom. The molecule has 138 valence electrons. The van der Waals surface area contributed by atoms with Gasteiger partial charge in [0, 0.05) is 12.5 Å². The van der Waals surface area contributed by atoms with Crippen LogP contribution >= 0.6 is 0 Å². The summed E-state index contributed by atoms with van der Waals surface area (Å²) in [6.07, 6.45) is 2.63.